The molecule has 2 amide bonds. The summed E-state index contributed by atoms with van der Waals surface area (Å²) in [6.07, 6.45) is 2.32. The molecule has 0 aliphatic rings. The molecule has 0 spiro atoms. The van der Waals surface area contributed by atoms with Crippen LogP contribution in [0.5, 0.6) is 0 Å². The molecule has 0 aliphatic carbocycles. The van der Waals surface area contributed by atoms with Crippen molar-refractivity contribution in [1.82, 2.24) is 15.5 Å². The third kappa shape index (κ3) is 5.98. The molecule has 4 rings (SSSR count). The zero-order valence-corrected chi connectivity index (χ0v) is 19.3. The molecule has 1 heterocycles. The van der Waals surface area contributed by atoms with Crippen molar-refractivity contribution in [3.05, 3.63) is 107 Å². The Hall–Kier alpha value is -4.19. The van der Waals surface area contributed by atoms with Gasteiger partial charge in [0.1, 0.15) is 6.04 Å². The minimum Gasteiger partial charge on any atom is -0.344 e. The van der Waals surface area contributed by atoms with Gasteiger partial charge in [-0.3, -0.25) is 14.7 Å². The zero-order chi connectivity index (χ0) is 23.9. The molecule has 0 radical (unpaired) electrons. The summed E-state index contributed by atoms with van der Waals surface area (Å²) >= 11 is 0. The van der Waals surface area contributed by atoms with Crippen molar-refractivity contribution in [3.8, 4) is 11.3 Å². The summed E-state index contributed by atoms with van der Waals surface area (Å²) < 4.78 is 0. The number of benzene rings is 3. The van der Waals surface area contributed by atoms with Crippen LogP contribution in [0.3, 0.4) is 0 Å². The van der Waals surface area contributed by atoms with E-state index in [9.17, 15) is 9.59 Å². The summed E-state index contributed by atoms with van der Waals surface area (Å²) in [5, 5.41) is 12.8. The van der Waals surface area contributed by atoms with E-state index in [4.69, 9.17) is 0 Å². The van der Waals surface area contributed by atoms with E-state index in [1.165, 1.54) is 5.56 Å². The van der Waals surface area contributed by atoms with Crippen LogP contribution >= 0.6 is 0 Å². The molecule has 3 N–H and O–H groups in total. The average Bonchev–Trinajstić information content (AvgIpc) is 3.37. The van der Waals surface area contributed by atoms with Gasteiger partial charge >= 0.3 is 0 Å². The molecule has 0 fully saturated rings. The molecule has 172 valence electrons. The van der Waals surface area contributed by atoms with Gasteiger partial charge in [0.15, 0.2) is 0 Å². The summed E-state index contributed by atoms with van der Waals surface area (Å²) in [4.78, 5) is 26.0. The summed E-state index contributed by atoms with van der Waals surface area (Å²) in [6.45, 7) is 4.07. The molecule has 3 aromatic carbocycles. The van der Waals surface area contributed by atoms with Crippen molar-refractivity contribution < 1.29 is 9.59 Å². The standard InChI is InChI=1S/C28H28N4O2/c1-19-8-9-22(16-20(19)2)18-27(33)31-26(17-21-6-4-3-5-7-21)28(34)30-24-12-10-23(11-13-24)25-14-15-29-32-25/h3-16,26H,17-18H2,1-2H3,(H,29,32)(H,30,34)(H,31,33). The Labute approximate surface area is 199 Å². The summed E-state index contributed by atoms with van der Waals surface area (Å²) in [7, 11) is 0. The smallest absolute Gasteiger partial charge is 0.247 e. The SMILES string of the molecule is Cc1ccc(CC(=O)NC(Cc2ccccc2)C(=O)Nc2ccc(-c3ccn[nH]3)cc2)cc1C. The number of anilines is 1. The number of amides is 2. The molecule has 0 bridgehead atoms. The Morgan fingerprint density at radius 1 is 0.882 bits per heavy atom. The molecular weight excluding hydrogens is 424 g/mol. The van der Waals surface area contributed by atoms with Crippen molar-refractivity contribution in [2.24, 2.45) is 0 Å². The van der Waals surface area contributed by atoms with Gasteiger partial charge in [-0.25, -0.2) is 0 Å². The van der Waals surface area contributed by atoms with E-state index in [0.717, 1.165) is 27.9 Å². The second kappa shape index (κ2) is 10.6. The normalized spacial score (nSPS) is 11.6. The van der Waals surface area contributed by atoms with Gasteiger partial charge in [-0.1, -0.05) is 60.7 Å². The Bertz CT molecular complexity index is 1250. The lowest BCUT2D eigenvalue weighted by atomic mass is 10.0. The highest BCUT2D eigenvalue weighted by Crippen LogP contribution is 2.19. The van der Waals surface area contributed by atoms with E-state index < -0.39 is 6.04 Å². The Kier molecular flexibility index (Phi) is 7.18. The molecule has 34 heavy (non-hydrogen) atoms. The monoisotopic (exact) mass is 452 g/mol. The number of H-pyrrole nitrogens is 1. The van der Waals surface area contributed by atoms with Gasteiger partial charge in [-0.05, 0) is 59.9 Å². The van der Waals surface area contributed by atoms with Crippen LogP contribution in [0, 0.1) is 13.8 Å². The van der Waals surface area contributed by atoms with Gasteiger partial charge < -0.3 is 10.6 Å². The van der Waals surface area contributed by atoms with E-state index in [0.29, 0.717) is 12.1 Å². The number of carbonyl (C=O) groups excluding carboxylic acids is 2. The van der Waals surface area contributed by atoms with Crippen LogP contribution in [-0.2, 0) is 22.4 Å². The first kappa shape index (κ1) is 23.0. The molecule has 1 atom stereocenters. The number of hydrogen-bond donors (Lipinski definition) is 3. The number of hydrogen-bond acceptors (Lipinski definition) is 3. The van der Waals surface area contributed by atoms with Crippen LogP contribution in [0.2, 0.25) is 0 Å². The predicted molar refractivity (Wildman–Crippen MR) is 134 cm³/mol. The van der Waals surface area contributed by atoms with Gasteiger partial charge in [-0.2, -0.15) is 5.10 Å². The lowest BCUT2D eigenvalue weighted by Crippen LogP contribution is -2.45. The van der Waals surface area contributed by atoms with E-state index in [2.05, 4.69) is 20.8 Å². The number of nitrogens with one attached hydrogen (secondary N) is 3. The van der Waals surface area contributed by atoms with Crippen molar-refractivity contribution in [3.63, 3.8) is 0 Å². The number of nitrogens with zero attached hydrogens (tertiary/aromatic N) is 1. The van der Waals surface area contributed by atoms with Crippen LogP contribution in [0.15, 0.2) is 85.1 Å². The Morgan fingerprint density at radius 3 is 2.32 bits per heavy atom. The maximum absolute atomic E-state index is 13.2. The fourth-order valence-electron chi connectivity index (χ4n) is 3.78. The van der Waals surface area contributed by atoms with Crippen molar-refractivity contribution in [1.29, 1.82) is 0 Å². The first-order valence-electron chi connectivity index (χ1n) is 11.3. The lowest BCUT2D eigenvalue weighted by Gasteiger charge is -2.19. The van der Waals surface area contributed by atoms with Crippen LogP contribution < -0.4 is 10.6 Å². The van der Waals surface area contributed by atoms with Crippen LogP contribution in [0.25, 0.3) is 11.3 Å². The second-order valence-electron chi connectivity index (χ2n) is 8.44. The molecule has 0 saturated heterocycles. The van der Waals surface area contributed by atoms with E-state index in [1.54, 1.807) is 6.20 Å². The third-order valence-electron chi connectivity index (χ3n) is 5.83. The highest BCUT2D eigenvalue weighted by molar-refractivity contribution is 5.97. The highest BCUT2D eigenvalue weighted by atomic mass is 16.2. The summed E-state index contributed by atoms with van der Waals surface area (Å²) in [5.41, 5.74) is 6.76. The quantitative estimate of drug-likeness (QED) is 0.365. The van der Waals surface area contributed by atoms with Crippen molar-refractivity contribution in [2.75, 3.05) is 5.32 Å². The molecular formula is C28H28N4O2. The number of rotatable bonds is 8. The maximum atomic E-state index is 13.2. The van der Waals surface area contributed by atoms with Crippen LogP contribution in [-0.4, -0.2) is 28.1 Å². The maximum Gasteiger partial charge on any atom is 0.247 e. The minimum absolute atomic E-state index is 0.186. The highest BCUT2D eigenvalue weighted by Gasteiger charge is 2.22. The molecule has 0 saturated carbocycles. The molecule has 1 aromatic heterocycles. The first-order valence-corrected chi connectivity index (χ1v) is 11.3. The van der Waals surface area contributed by atoms with E-state index in [1.807, 2.05) is 92.7 Å². The molecule has 1 unspecified atom stereocenters. The fourth-order valence-corrected chi connectivity index (χ4v) is 3.78. The largest absolute Gasteiger partial charge is 0.344 e. The fraction of sp³-hybridized carbons (Fsp3) is 0.179. The average molecular weight is 453 g/mol. The predicted octanol–water partition coefficient (Wildman–Crippen LogP) is 4.60. The van der Waals surface area contributed by atoms with Crippen molar-refractivity contribution >= 4 is 17.5 Å². The van der Waals surface area contributed by atoms with Gasteiger partial charge in [0.2, 0.25) is 11.8 Å². The summed E-state index contributed by atoms with van der Waals surface area (Å²) in [5.74, 6) is -0.444. The molecule has 0 aliphatic heterocycles. The number of aryl methyl sites for hydroxylation is 2. The minimum atomic E-state index is -0.700. The van der Waals surface area contributed by atoms with E-state index >= 15 is 0 Å². The van der Waals surface area contributed by atoms with E-state index in [-0.39, 0.29) is 18.2 Å². The molecule has 4 aromatic rings. The topological polar surface area (TPSA) is 86.9 Å². The lowest BCUT2D eigenvalue weighted by molar-refractivity contribution is -0.126. The van der Waals surface area contributed by atoms with Crippen LogP contribution in [0.1, 0.15) is 22.3 Å². The van der Waals surface area contributed by atoms with Gasteiger partial charge in [-0.15, -0.1) is 0 Å². The second-order valence-corrected chi connectivity index (χ2v) is 8.44. The summed E-state index contributed by atoms with van der Waals surface area (Å²) in [6, 6.07) is 24.3. The first-order chi connectivity index (χ1) is 16.5. The Morgan fingerprint density at radius 2 is 1.65 bits per heavy atom. The number of aromatic amines is 1. The van der Waals surface area contributed by atoms with Gasteiger partial charge in [0, 0.05) is 18.3 Å². The van der Waals surface area contributed by atoms with Gasteiger partial charge in [0.25, 0.3) is 0 Å². The third-order valence-corrected chi connectivity index (χ3v) is 5.83. The van der Waals surface area contributed by atoms with Crippen molar-refractivity contribution in [2.45, 2.75) is 32.7 Å². The molecule has 6 heteroatoms. The zero-order valence-electron chi connectivity index (χ0n) is 19.3. The Balaban J connectivity index is 1.46. The number of aromatic nitrogens is 2. The molecule has 6 nitrogen and oxygen atoms in total. The van der Waals surface area contributed by atoms with Gasteiger partial charge in [0.05, 0.1) is 12.1 Å². The number of carbonyl (C=O) groups is 2. The van der Waals surface area contributed by atoms with Crippen LogP contribution in [0.4, 0.5) is 5.69 Å².